The first-order valence-corrected chi connectivity index (χ1v) is 6.74. The summed E-state index contributed by atoms with van der Waals surface area (Å²) in [7, 11) is 0. The van der Waals surface area contributed by atoms with Crippen LogP contribution in [0.25, 0.3) is 10.9 Å². The van der Waals surface area contributed by atoms with E-state index >= 15 is 0 Å². The topological polar surface area (TPSA) is 100 Å². The molecule has 0 fully saturated rings. The zero-order valence-electron chi connectivity index (χ0n) is 11.6. The molecule has 0 saturated heterocycles. The Morgan fingerprint density at radius 1 is 1.23 bits per heavy atom. The largest absolute Gasteiger partial charge is 0.467 e. The molecule has 0 saturated carbocycles. The molecule has 3 aromatic rings. The van der Waals surface area contributed by atoms with Crippen LogP contribution in [0.4, 0.5) is 5.95 Å². The molecule has 7 nitrogen and oxygen atoms in total. The van der Waals surface area contributed by atoms with Crippen LogP contribution in [-0.4, -0.2) is 22.4 Å². The number of amides is 1. The van der Waals surface area contributed by atoms with Gasteiger partial charge in [0.1, 0.15) is 5.76 Å². The number of nitrogens with one attached hydrogen (secondary N) is 3. The van der Waals surface area contributed by atoms with Gasteiger partial charge < -0.3 is 15.1 Å². The maximum atomic E-state index is 11.9. The molecule has 3 rings (SSSR count). The minimum Gasteiger partial charge on any atom is -0.467 e. The minimum absolute atomic E-state index is 0.00197. The van der Waals surface area contributed by atoms with Gasteiger partial charge in [-0.3, -0.25) is 14.6 Å². The third kappa shape index (κ3) is 3.14. The van der Waals surface area contributed by atoms with E-state index in [2.05, 4.69) is 20.6 Å². The SMILES string of the molecule is O=C(CNc1nc2ccccc2c(=O)[nH]1)NCc1ccco1. The van der Waals surface area contributed by atoms with Crippen molar-refractivity contribution >= 4 is 22.8 Å². The van der Waals surface area contributed by atoms with Gasteiger partial charge in [-0.1, -0.05) is 12.1 Å². The van der Waals surface area contributed by atoms with E-state index in [4.69, 9.17) is 4.42 Å². The van der Waals surface area contributed by atoms with Gasteiger partial charge in [0, 0.05) is 0 Å². The van der Waals surface area contributed by atoms with E-state index in [9.17, 15) is 9.59 Å². The van der Waals surface area contributed by atoms with E-state index in [0.717, 1.165) is 0 Å². The Hall–Kier alpha value is -3.09. The van der Waals surface area contributed by atoms with Crippen LogP contribution in [-0.2, 0) is 11.3 Å². The fraction of sp³-hybridized carbons (Fsp3) is 0.133. The van der Waals surface area contributed by atoms with Crippen LogP contribution in [0.1, 0.15) is 5.76 Å². The molecule has 2 heterocycles. The van der Waals surface area contributed by atoms with E-state index < -0.39 is 0 Å². The summed E-state index contributed by atoms with van der Waals surface area (Å²) >= 11 is 0. The third-order valence-electron chi connectivity index (χ3n) is 3.07. The first-order valence-electron chi connectivity index (χ1n) is 6.74. The number of benzene rings is 1. The summed E-state index contributed by atoms with van der Waals surface area (Å²) < 4.78 is 5.12. The monoisotopic (exact) mass is 298 g/mol. The number of aromatic nitrogens is 2. The van der Waals surface area contributed by atoms with Gasteiger partial charge >= 0.3 is 0 Å². The van der Waals surface area contributed by atoms with Gasteiger partial charge in [0.15, 0.2) is 0 Å². The Morgan fingerprint density at radius 2 is 2.09 bits per heavy atom. The van der Waals surface area contributed by atoms with Gasteiger partial charge in [0.2, 0.25) is 11.9 Å². The molecule has 0 unspecified atom stereocenters. The highest BCUT2D eigenvalue weighted by molar-refractivity contribution is 5.81. The van der Waals surface area contributed by atoms with Gasteiger partial charge in [-0.15, -0.1) is 0 Å². The number of anilines is 1. The highest BCUT2D eigenvalue weighted by Crippen LogP contribution is 2.07. The van der Waals surface area contributed by atoms with Gasteiger partial charge in [-0.25, -0.2) is 4.98 Å². The van der Waals surface area contributed by atoms with Crippen molar-refractivity contribution in [2.24, 2.45) is 0 Å². The molecule has 0 aliphatic rings. The van der Waals surface area contributed by atoms with Crippen LogP contribution in [0.2, 0.25) is 0 Å². The second kappa shape index (κ2) is 6.13. The Bertz CT molecular complexity index is 839. The number of carbonyl (C=O) groups excluding carboxylic acids is 1. The maximum Gasteiger partial charge on any atom is 0.260 e. The van der Waals surface area contributed by atoms with Crippen molar-refractivity contribution in [1.82, 2.24) is 15.3 Å². The lowest BCUT2D eigenvalue weighted by atomic mass is 10.2. The summed E-state index contributed by atoms with van der Waals surface area (Å²) in [5.74, 6) is 0.703. The van der Waals surface area contributed by atoms with Crippen LogP contribution in [0.15, 0.2) is 51.9 Å². The highest BCUT2D eigenvalue weighted by Gasteiger charge is 2.06. The van der Waals surface area contributed by atoms with Crippen LogP contribution >= 0.6 is 0 Å². The smallest absolute Gasteiger partial charge is 0.260 e. The molecule has 0 aliphatic heterocycles. The summed E-state index contributed by atoms with van der Waals surface area (Å²) in [6.07, 6.45) is 1.55. The predicted molar refractivity (Wildman–Crippen MR) is 81.4 cm³/mol. The van der Waals surface area contributed by atoms with Gasteiger partial charge in [-0.2, -0.15) is 0 Å². The Balaban J connectivity index is 1.61. The third-order valence-corrected chi connectivity index (χ3v) is 3.07. The molecule has 0 radical (unpaired) electrons. The molecule has 0 aliphatic carbocycles. The lowest BCUT2D eigenvalue weighted by Crippen LogP contribution is -2.30. The quantitative estimate of drug-likeness (QED) is 0.658. The van der Waals surface area contributed by atoms with Crippen LogP contribution in [0.3, 0.4) is 0 Å². The van der Waals surface area contributed by atoms with Crippen LogP contribution in [0.5, 0.6) is 0 Å². The number of hydrogen-bond donors (Lipinski definition) is 3. The van der Waals surface area contributed by atoms with E-state index in [1.807, 2.05) is 0 Å². The summed E-state index contributed by atoms with van der Waals surface area (Å²) in [5.41, 5.74) is 0.328. The molecule has 0 spiro atoms. The first-order chi connectivity index (χ1) is 10.7. The fourth-order valence-electron chi connectivity index (χ4n) is 2.00. The number of carbonyl (C=O) groups is 1. The number of fused-ring (bicyclic) bond motifs is 1. The highest BCUT2D eigenvalue weighted by atomic mass is 16.3. The first kappa shape index (κ1) is 13.9. The van der Waals surface area contributed by atoms with E-state index in [0.29, 0.717) is 23.2 Å². The second-order valence-electron chi connectivity index (χ2n) is 4.64. The summed E-state index contributed by atoms with van der Waals surface area (Å²) in [6, 6.07) is 10.5. The van der Waals surface area contributed by atoms with Crippen molar-refractivity contribution in [2.45, 2.75) is 6.54 Å². The zero-order chi connectivity index (χ0) is 15.4. The number of hydrogen-bond acceptors (Lipinski definition) is 5. The van der Waals surface area contributed by atoms with E-state index in [-0.39, 0.29) is 24.0 Å². The Morgan fingerprint density at radius 3 is 2.91 bits per heavy atom. The van der Waals surface area contributed by atoms with Crippen molar-refractivity contribution in [3.05, 3.63) is 58.8 Å². The second-order valence-corrected chi connectivity index (χ2v) is 4.64. The Kier molecular flexibility index (Phi) is 3.86. The number of para-hydroxylation sites is 1. The molecule has 1 aromatic carbocycles. The summed E-state index contributed by atoms with van der Waals surface area (Å²) in [4.78, 5) is 30.5. The van der Waals surface area contributed by atoms with E-state index in [1.54, 1.807) is 42.7 Å². The van der Waals surface area contributed by atoms with Crippen molar-refractivity contribution < 1.29 is 9.21 Å². The molecule has 22 heavy (non-hydrogen) atoms. The van der Waals surface area contributed by atoms with E-state index in [1.165, 1.54) is 0 Å². The summed E-state index contributed by atoms with van der Waals surface area (Å²) in [5, 5.41) is 6.00. The molecule has 0 atom stereocenters. The minimum atomic E-state index is -0.246. The predicted octanol–water partition coefficient (Wildman–Crippen LogP) is 1.24. The van der Waals surface area contributed by atoms with Gasteiger partial charge in [0.25, 0.3) is 5.56 Å². The van der Waals surface area contributed by atoms with Crippen LogP contribution < -0.4 is 16.2 Å². The zero-order valence-corrected chi connectivity index (χ0v) is 11.6. The average Bonchev–Trinajstić information content (AvgIpc) is 3.04. The number of rotatable bonds is 5. The van der Waals surface area contributed by atoms with Crippen molar-refractivity contribution in [1.29, 1.82) is 0 Å². The van der Waals surface area contributed by atoms with Gasteiger partial charge in [0.05, 0.1) is 30.3 Å². The van der Waals surface area contributed by atoms with Crippen molar-refractivity contribution in [2.75, 3.05) is 11.9 Å². The van der Waals surface area contributed by atoms with Gasteiger partial charge in [-0.05, 0) is 24.3 Å². The molecule has 1 amide bonds. The lowest BCUT2D eigenvalue weighted by Gasteiger charge is -2.06. The molecule has 3 N–H and O–H groups in total. The normalized spacial score (nSPS) is 10.5. The number of furan rings is 1. The molecule has 7 heteroatoms. The number of H-pyrrole nitrogens is 1. The molecule has 0 bridgehead atoms. The van der Waals surface area contributed by atoms with Crippen molar-refractivity contribution in [3.63, 3.8) is 0 Å². The molecular formula is C15H14N4O3. The van der Waals surface area contributed by atoms with Crippen LogP contribution in [0, 0.1) is 0 Å². The summed E-state index contributed by atoms with van der Waals surface area (Å²) in [6.45, 7) is 0.317. The molecular weight excluding hydrogens is 284 g/mol. The maximum absolute atomic E-state index is 11.9. The fourth-order valence-corrected chi connectivity index (χ4v) is 2.00. The Labute approximate surface area is 125 Å². The standard InChI is InChI=1S/C15H14N4O3/c20-13(16-8-10-4-3-7-22-10)9-17-15-18-12-6-2-1-5-11(12)14(21)19-15/h1-7H,8-9H2,(H,16,20)(H2,17,18,19,21). The molecule has 112 valence electrons. The molecule has 2 aromatic heterocycles. The number of aromatic amines is 1. The van der Waals surface area contributed by atoms with Crippen molar-refractivity contribution in [3.8, 4) is 0 Å². The lowest BCUT2D eigenvalue weighted by molar-refractivity contribution is -0.119. The average molecular weight is 298 g/mol. The number of nitrogens with zero attached hydrogens (tertiary/aromatic N) is 1.